The van der Waals surface area contributed by atoms with Crippen LogP contribution in [0.4, 0.5) is 24.8 Å². The Morgan fingerprint density at radius 3 is 2.65 bits per heavy atom. The van der Waals surface area contributed by atoms with Gasteiger partial charge in [0.1, 0.15) is 11.6 Å². The summed E-state index contributed by atoms with van der Waals surface area (Å²) in [6.07, 6.45) is -2.28. The lowest BCUT2D eigenvalue weighted by molar-refractivity contribution is -0.137. The van der Waals surface area contributed by atoms with E-state index in [-0.39, 0.29) is 24.1 Å². The van der Waals surface area contributed by atoms with Crippen molar-refractivity contribution in [1.82, 2.24) is 4.98 Å². The maximum absolute atomic E-state index is 12.9. The Labute approximate surface area is 115 Å². The molecule has 4 nitrogen and oxygen atoms in total. The number of pyridine rings is 1. The zero-order valence-corrected chi connectivity index (χ0v) is 11.0. The third kappa shape index (κ3) is 3.32. The summed E-state index contributed by atoms with van der Waals surface area (Å²) >= 11 is 0. The second-order valence-electron chi connectivity index (χ2n) is 4.68. The number of anilines is 2. The van der Waals surface area contributed by atoms with E-state index in [1.165, 1.54) is 7.05 Å². The SMILES string of the molecule is CNc1cc(C(F)(F)F)cc(N(CCC#N)C2CC2)n1. The predicted molar refractivity (Wildman–Crippen MR) is 69.4 cm³/mol. The Bertz CT molecular complexity index is 517. The molecule has 0 spiro atoms. The zero-order chi connectivity index (χ0) is 14.8. The summed E-state index contributed by atoms with van der Waals surface area (Å²) in [7, 11) is 1.53. The number of nitriles is 1. The molecule has 1 saturated carbocycles. The van der Waals surface area contributed by atoms with Gasteiger partial charge in [-0.1, -0.05) is 0 Å². The van der Waals surface area contributed by atoms with Crippen molar-refractivity contribution in [3.8, 4) is 6.07 Å². The van der Waals surface area contributed by atoms with Crippen molar-refractivity contribution in [2.45, 2.75) is 31.5 Å². The van der Waals surface area contributed by atoms with Crippen LogP contribution >= 0.6 is 0 Å². The molecular formula is C13H15F3N4. The van der Waals surface area contributed by atoms with Gasteiger partial charge >= 0.3 is 6.18 Å². The van der Waals surface area contributed by atoms with Gasteiger partial charge in [-0.15, -0.1) is 0 Å². The van der Waals surface area contributed by atoms with Crippen molar-refractivity contribution in [1.29, 1.82) is 5.26 Å². The van der Waals surface area contributed by atoms with Crippen molar-refractivity contribution in [3.63, 3.8) is 0 Å². The fourth-order valence-electron chi connectivity index (χ4n) is 2.00. The lowest BCUT2D eigenvalue weighted by Gasteiger charge is -2.24. The van der Waals surface area contributed by atoms with Gasteiger partial charge < -0.3 is 10.2 Å². The van der Waals surface area contributed by atoms with E-state index in [2.05, 4.69) is 10.3 Å². The number of hydrogen-bond donors (Lipinski definition) is 1. The molecule has 0 saturated heterocycles. The Kier molecular flexibility index (Phi) is 4.02. The normalized spacial score (nSPS) is 14.8. The van der Waals surface area contributed by atoms with E-state index in [0.717, 1.165) is 25.0 Å². The summed E-state index contributed by atoms with van der Waals surface area (Å²) in [5.41, 5.74) is -0.727. The molecule has 0 bridgehead atoms. The van der Waals surface area contributed by atoms with Gasteiger partial charge in [0.15, 0.2) is 0 Å². The number of nitrogens with one attached hydrogen (secondary N) is 1. The van der Waals surface area contributed by atoms with Crippen LogP contribution in [0, 0.1) is 11.3 Å². The van der Waals surface area contributed by atoms with Crippen molar-refractivity contribution < 1.29 is 13.2 Å². The molecule has 1 aliphatic carbocycles. The monoisotopic (exact) mass is 284 g/mol. The van der Waals surface area contributed by atoms with Crippen LogP contribution < -0.4 is 10.2 Å². The molecule has 0 aliphatic heterocycles. The summed E-state index contributed by atoms with van der Waals surface area (Å²) in [6, 6.07) is 4.25. The molecule has 0 unspecified atom stereocenters. The van der Waals surface area contributed by atoms with Crippen LogP contribution in [0.3, 0.4) is 0 Å². The second-order valence-corrected chi connectivity index (χ2v) is 4.68. The number of halogens is 3. The molecule has 108 valence electrons. The smallest absolute Gasteiger partial charge is 0.373 e. The summed E-state index contributed by atoms with van der Waals surface area (Å²) in [5, 5.41) is 11.3. The first-order valence-electron chi connectivity index (χ1n) is 6.36. The highest BCUT2D eigenvalue weighted by Gasteiger charge is 2.34. The van der Waals surface area contributed by atoms with Crippen LogP contribution in [-0.4, -0.2) is 24.6 Å². The molecule has 2 rings (SSSR count). The average Bonchev–Trinajstić information content (AvgIpc) is 3.22. The van der Waals surface area contributed by atoms with Crippen molar-refractivity contribution in [3.05, 3.63) is 17.7 Å². The molecule has 1 N–H and O–H groups in total. The summed E-state index contributed by atoms with van der Waals surface area (Å²) in [6.45, 7) is 0.401. The highest BCUT2D eigenvalue weighted by molar-refractivity contribution is 5.52. The zero-order valence-electron chi connectivity index (χ0n) is 11.0. The van der Waals surface area contributed by atoms with E-state index in [9.17, 15) is 13.2 Å². The average molecular weight is 284 g/mol. The van der Waals surface area contributed by atoms with E-state index in [0.29, 0.717) is 6.54 Å². The summed E-state index contributed by atoms with van der Waals surface area (Å²) < 4.78 is 38.7. The molecular weight excluding hydrogens is 269 g/mol. The lowest BCUT2D eigenvalue weighted by atomic mass is 10.2. The Morgan fingerprint density at radius 2 is 2.15 bits per heavy atom. The van der Waals surface area contributed by atoms with E-state index < -0.39 is 11.7 Å². The van der Waals surface area contributed by atoms with Gasteiger partial charge in [0.25, 0.3) is 0 Å². The minimum absolute atomic E-state index is 0.178. The molecule has 1 fully saturated rings. The molecule has 1 heterocycles. The Balaban J connectivity index is 2.35. The third-order valence-corrected chi connectivity index (χ3v) is 3.14. The number of nitrogens with zero attached hydrogens (tertiary/aromatic N) is 3. The van der Waals surface area contributed by atoms with Gasteiger partial charge in [0, 0.05) is 19.6 Å². The molecule has 0 radical (unpaired) electrons. The van der Waals surface area contributed by atoms with Crippen LogP contribution in [0.5, 0.6) is 0 Å². The molecule has 0 atom stereocenters. The van der Waals surface area contributed by atoms with Gasteiger partial charge in [0.05, 0.1) is 18.1 Å². The van der Waals surface area contributed by atoms with Crippen molar-refractivity contribution in [2.24, 2.45) is 0 Å². The minimum atomic E-state index is -4.41. The molecule has 0 amide bonds. The number of hydrogen-bond acceptors (Lipinski definition) is 4. The Morgan fingerprint density at radius 1 is 1.45 bits per heavy atom. The standard InChI is InChI=1S/C13H15F3N4/c1-18-11-7-9(13(14,15)16)8-12(19-11)20(6-2-5-17)10-3-4-10/h7-8,10H,2-4,6H2,1H3,(H,18,19). The van der Waals surface area contributed by atoms with Gasteiger partial charge in [-0.2, -0.15) is 18.4 Å². The van der Waals surface area contributed by atoms with Crippen LogP contribution in [0.25, 0.3) is 0 Å². The number of aromatic nitrogens is 1. The molecule has 1 aliphatic rings. The minimum Gasteiger partial charge on any atom is -0.373 e. The second kappa shape index (κ2) is 5.57. The molecule has 20 heavy (non-hydrogen) atoms. The van der Waals surface area contributed by atoms with Crippen LogP contribution in [0.1, 0.15) is 24.8 Å². The maximum Gasteiger partial charge on any atom is 0.416 e. The first-order chi connectivity index (χ1) is 9.45. The van der Waals surface area contributed by atoms with Crippen molar-refractivity contribution in [2.75, 3.05) is 23.8 Å². The van der Waals surface area contributed by atoms with E-state index in [1.807, 2.05) is 6.07 Å². The van der Waals surface area contributed by atoms with Gasteiger partial charge in [-0.25, -0.2) is 4.98 Å². The highest BCUT2D eigenvalue weighted by Crippen LogP contribution is 2.36. The van der Waals surface area contributed by atoms with Gasteiger partial charge in [-0.05, 0) is 25.0 Å². The first-order valence-corrected chi connectivity index (χ1v) is 6.36. The third-order valence-electron chi connectivity index (χ3n) is 3.14. The van der Waals surface area contributed by atoms with Gasteiger partial charge in [0.2, 0.25) is 0 Å². The van der Waals surface area contributed by atoms with E-state index in [1.54, 1.807) is 4.90 Å². The Hall–Kier alpha value is -1.97. The van der Waals surface area contributed by atoms with Crippen LogP contribution in [-0.2, 0) is 6.18 Å². The van der Waals surface area contributed by atoms with Crippen LogP contribution in [0.2, 0.25) is 0 Å². The molecule has 7 heteroatoms. The summed E-state index contributed by atoms with van der Waals surface area (Å²) in [4.78, 5) is 5.98. The summed E-state index contributed by atoms with van der Waals surface area (Å²) in [5.74, 6) is 0.458. The quantitative estimate of drug-likeness (QED) is 0.903. The molecule has 0 aromatic carbocycles. The topological polar surface area (TPSA) is 52.0 Å². The predicted octanol–water partition coefficient (Wildman–Crippen LogP) is 3.02. The fourth-order valence-corrected chi connectivity index (χ4v) is 2.00. The van der Waals surface area contributed by atoms with Crippen molar-refractivity contribution >= 4 is 11.6 Å². The largest absolute Gasteiger partial charge is 0.416 e. The number of alkyl halides is 3. The van der Waals surface area contributed by atoms with E-state index in [4.69, 9.17) is 5.26 Å². The number of rotatable bonds is 5. The first kappa shape index (κ1) is 14.4. The highest BCUT2D eigenvalue weighted by atomic mass is 19.4. The van der Waals surface area contributed by atoms with Crippen LogP contribution in [0.15, 0.2) is 12.1 Å². The lowest BCUT2D eigenvalue weighted by Crippen LogP contribution is -2.28. The maximum atomic E-state index is 12.9. The molecule has 1 aromatic heterocycles. The fraction of sp³-hybridized carbons (Fsp3) is 0.538. The molecule has 1 aromatic rings. The van der Waals surface area contributed by atoms with E-state index >= 15 is 0 Å². The van der Waals surface area contributed by atoms with Gasteiger partial charge in [-0.3, -0.25) is 0 Å².